The molecule has 1 aliphatic heterocycles. The van der Waals surface area contributed by atoms with Gasteiger partial charge < -0.3 is 11.1 Å². The summed E-state index contributed by atoms with van der Waals surface area (Å²) in [7, 11) is 0. The number of fused-ring (bicyclic) bond motifs is 1. The van der Waals surface area contributed by atoms with Crippen molar-refractivity contribution in [3.63, 3.8) is 0 Å². The van der Waals surface area contributed by atoms with E-state index in [9.17, 15) is 9.59 Å². The van der Waals surface area contributed by atoms with E-state index in [1.165, 1.54) is 0 Å². The summed E-state index contributed by atoms with van der Waals surface area (Å²) >= 11 is 0. The number of nitrogens with one attached hydrogen (secondary N) is 1. The largest absolute Gasteiger partial charge is 0.399 e. The third-order valence-electron chi connectivity index (χ3n) is 5.19. The predicted octanol–water partition coefficient (Wildman–Crippen LogP) is 3.60. The molecule has 3 aromatic rings. The van der Waals surface area contributed by atoms with Crippen molar-refractivity contribution in [3.8, 4) is 11.1 Å². The second kappa shape index (κ2) is 8.41. The second-order valence-electron chi connectivity index (χ2n) is 7.51. The Hall–Kier alpha value is -3.61. The number of hydrogen-bond acceptors (Lipinski definition) is 4. The van der Waals surface area contributed by atoms with Crippen molar-refractivity contribution in [2.45, 2.75) is 32.7 Å². The molecule has 30 heavy (non-hydrogen) atoms. The fraction of sp³-hybridized carbons (Fsp3) is 0.261. The van der Waals surface area contributed by atoms with Crippen LogP contribution in [0, 0.1) is 6.92 Å². The van der Waals surface area contributed by atoms with E-state index in [2.05, 4.69) is 10.4 Å². The Labute approximate surface area is 175 Å². The van der Waals surface area contributed by atoms with Gasteiger partial charge in [0.1, 0.15) is 5.82 Å². The summed E-state index contributed by atoms with van der Waals surface area (Å²) < 4.78 is 1.86. The molecule has 0 spiro atoms. The number of benzene rings is 2. The normalized spacial score (nSPS) is 13.0. The third-order valence-corrected chi connectivity index (χ3v) is 5.19. The Bertz CT molecular complexity index is 1050. The van der Waals surface area contributed by atoms with Crippen molar-refractivity contribution < 1.29 is 9.59 Å². The molecule has 1 aromatic heterocycles. The Morgan fingerprint density at radius 1 is 1.00 bits per heavy atom. The molecule has 2 aromatic carbocycles. The van der Waals surface area contributed by atoms with Crippen molar-refractivity contribution in [3.05, 3.63) is 60.3 Å². The highest BCUT2D eigenvalue weighted by Crippen LogP contribution is 2.24. The van der Waals surface area contributed by atoms with Gasteiger partial charge in [0.25, 0.3) is 0 Å². The van der Waals surface area contributed by atoms with E-state index >= 15 is 0 Å². The van der Waals surface area contributed by atoms with Crippen LogP contribution in [0.2, 0.25) is 0 Å². The van der Waals surface area contributed by atoms with E-state index < -0.39 is 0 Å². The summed E-state index contributed by atoms with van der Waals surface area (Å²) in [5.74, 6) is 0.595. The fourth-order valence-corrected chi connectivity index (χ4v) is 3.66. The summed E-state index contributed by atoms with van der Waals surface area (Å²) in [6, 6.07) is 17.2. The molecule has 0 radical (unpaired) electrons. The maximum atomic E-state index is 12.6. The topological polar surface area (TPSA) is 93.2 Å². The average Bonchev–Trinajstić information content (AvgIpc) is 3.13. The minimum atomic E-state index is -0.176. The smallest absolute Gasteiger partial charge is 0.228 e. The Morgan fingerprint density at radius 3 is 2.37 bits per heavy atom. The van der Waals surface area contributed by atoms with Crippen LogP contribution in [0.15, 0.2) is 54.6 Å². The maximum absolute atomic E-state index is 12.6. The van der Waals surface area contributed by atoms with Gasteiger partial charge in [-0.05, 0) is 48.7 Å². The van der Waals surface area contributed by atoms with Gasteiger partial charge in [0.15, 0.2) is 0 Å². The molecule has 0 fully saturated rings. The molecule has 0 atom stereocenters. The predicted molar refractivity (Wildman–Crippen MR) is 118 cm³/mol. The fourth-order valence-electron chi connectivity index (χ4n) is 3.66. The zero-order valence-corrected chi connectivity index (χ0v) is 17.0. The van der Waals surface area contributed by atoms with E-state index in [-0.39, 0.29) is 24.7 Å². The van der Waals surface area contributed by atoms with Crippen molar-refractivity contribution >= 4 is 29.0 Å². The van der Waals surface area contributed by atoms with E-state index in [4.69, 9.17) is 5.73 Å². The summed E-state index contributed by atoms with van der Waals surface area (Å²) in [4.78, 5) is 26.7. The lowest BCUT2D eigenvalue weighted by atomic mass is 10.1. The van der Waals surface area contributed by atoms with Crippen LogP contribution in [-0.4, -0.2) is 28.1 Å². The molecule has 7 heteroatoms. The Balaban J connectivity index is 1.32. The molecular weight excluding hydrogens is 378 g/mol. The molecule has 0 bridgehead atoms. The molecule has 4 rings (SSSR count). The first kappa shape index (κ1) is 19.7. The zero-order valence-electron chi connectivity index (χ0n) is 17.0. The van der Waals surface area contributed by atoms with Gasteiger partial charge in [-0.1, -0.05) is 24.3 Å². The molecule has 7 nitrogen and oxygen atoms in total. The minimum Gasteiger partial charge on any atom is -0.399 e. The van der Waals surface area contributed by atoms with Crippen LogP contribution in [0.1, 0.15) is 25.0 Å². The molecule has 1 aliphatic rings. The molecule has 0 saturated carbocycles. The lowest BCUT2D eigenvalue weighted by Gasteiger charge is -2.27. The lowest BCUT2D eigenvalue weighted by Crippen LogP contribution is -2.37. The highest BCUT2D eigenvalue weighted by atomic mass is 16.2. The van der Waals surface area contributed by atoms with Gasteiger partial charge in [0, 0.05) is 43.4 Å². The number of nitrogens with zero attached hydrogens (tertiary/aromatic N) is 3. The monoisotopic (exact) mass is 403 g/mol. The van der Waals surface area contributed by atoms with Crippen molar-refractivity contribution in [1.82, 2.24) is 9.78 Å². The molecule has 2 heterocycles. The molecule has 0 unspecified atom stereocenters. The molecular formula is C23H25N5O2. The average molecular weight is 403 g/mol. The van der Waals surface area contributed by atoms with Crippen molar-refractivity contribution in [1.29, 1.82) is 0 Å². The third kappa shape index (κ3) is 4.35. The molecule has 0 saturated heterocycles. The van der Waals surface area contributed by atoms with Crippen molar-refractivity contribution in [2.24, 2.45) is 0 Å². The van der Waals surface area contributed by atoms with Gasteiger partial charge in [-0.3, -0.25) is 14.5 Å². The number of nitrogens with two attached hydrogens (primary N) is 1. The van der Waals surface area contributed by atoms with E-state index in [1.54, 1.807) is 4.90 Å². The lowest BCUT2D eigenvalue weighted by molar-refractivity contribution is -0.122. The summed E-state index contributed by atoms with van der Waals surface area (Å²) in [6.45, 7) is 3.40. The van der Waals surface area contributed by atoms with Crippen LogP contribution in [0.3, 0.4) is 0 Å². The molecule has 154 valence electrons. The summed E-state index contributed by atoms with van der Waals surface area (Å²) in [6.07, 6.45) is 1.17. The summed E-state index contributed by atoms with van der Waals surface area (Å²) in [5.41, 5.74) is 10.2. The first-order valence-corrected chi connectivity index (χ1v) is 10.1. The SMILES string of the molecule is Cc1cc2n(n1)CCCN2C(=O)CCC(=O)Nc1ccc(-c2ccc(N)cc2)cc1. The Kier molecular flexibility index (Phi) is 5.52. The molecule has 3 N–H and O–H groups in total. The van der Waals surface area contributed by atoms with Crippen LogP contribution in [0.25, 0.3) is 11.1 Å². The van der Waals surface area contributed by atoms with Gasteiger partial charge in [-0.2, -0.15) is 5.10 Å². The number of amides is 2. The van der Waals surface area contributed by atoms with Gasteiger partial charge in [0.05, 0.1) is 5.69 Å². The van der Waals surface area contributed by atoms with Gasteiger partial charge in [0.2, 0.25) is 11.8 Å². The van der Waals surface area contributed by atoms with Crippen molar-refractivity contribution in [2.75, 3.05) is 22.5 Å². The quantitative estimate of drug-likeness (QED) is 0.637. The second-order valence-corrected chi connectivity index (χ2v) is 7.51. The van der Waals surface area contributed by atoms with Crippen LogP contribution >= 0.6 is 0 Å². The van der Waals surface area contributed by atoms with E-state index in [0.717, 1.165) is 41.3 Å². The molecule has 0 aliphatic carbocycles. The highest BCUT2D eigenvalue weighted by Gasteiger charge is 2.24. The van der Waals surface area contributed by atoms with Gasteiger partial charge in [-0.25, -0.2) is 4.68 Å². The van der Waals surface area contributed by atoms with Crippen LogP contribution in [0.4, 0.5) is 17.2 Å². The maximum Gasteiger partial charge on any atom is 0.228 e. The van der Waals surface area contributed by atoms with Crippen LogP contribution in [-0.2, 0) is 16.1 Å². The molecule has 2 amide bonds. The Morgan fingerprint density at radius 2 is 1.67 bits per heavy atom. The number of anilines is 3. The summed E-state index contributed by atoms with van der Waals surface area (Å²) in [5, 5.41) is 7.27. The van der Waals surface area contributed by atoms with Gasteiger partial charge in [-0.15, -0.1) is 0 Å². The first-order chi connectivity index (χ1) is 14.5. The van der Waals surface area contributed by atoms with Gasteiger partial charge >= 0.3 is 0 Å². The highest BCUT2D eigenvalue weighted by molar-refractivity contribution is 5.98. The standard InChI is InChI=1S/C23H25N5O2/c1-16-15-22-27(13-2-14-28(22)26-16)23(30)12-11-21(29)25-20-9-5-18(6-10-20)17-3-7-19(24)8-4-17/h3-10,15H,2,11-14,24H2,1H3,(H,25,29). The van der Waals surface area contributed by atoms with E-state index in [1.807, 2.05) is 66.2 Å². The number of nitrogen functional groups attached to an aromatic ring is 1. The number of rotatable bonds is 5. The number of aryl methyl sites for hydroxylation is 2. The van der Waals surface area contributed by atoms with E-state index in [0.29, 0.717) is 12.2 Å². The number of carbonyl (C=O) groups is 2. The number of carbonyl (C=O) groups excluding carboxylic acids is 2. The number of hydrogen-bond donors (Lipinski definition) is 2. The zero-order chi connectivity index (χ0) is 21.1. The van der Waals surface area contributed by atoms with Crippen LogP contribution < -0.4 is 16.0 Å². The van der Waals surface area contributed by atoms with Crippen LogP contribution in [0.5, 0.6) is 0 Å². The minimum absolute atomic E-state index is 0.0512. The first-order valence-electron chi connectivity index (χ1n) is 10.1. The number of aromatic nitrogens is 2.